The third-order valence-electron chi connectivity index (χ3n) is 4.76. The lowest BCUT2D eigenvalue weighted by atomic mass is 10.1. The molecule has 3 rings (SSSR count). The zero-order valence-corrected chi connectivity index (χ0v) is 19.3. The smallest absolute Gasteiger partial charge is 0.337 e. The number of hydrogen-bond acceptors (Lipinski definition) is 6. The minimum absolute atomic E-state index is 0.126. The molecular weight excluding hydrogens is 456 g/mol. The van der Waals surface area contributed by atoms with Crippen LogP contribution in [0.5, 0.6) is 11.5 Å². The Bertz CT molecular complexity index is 1250. The molecule has 0 aromatic heterocycles. The van der Waals surface area contributed by atoms with Crippen molar-refractivity contribution in [3.8, 4) is 17.6 Å². The van der Waals surface area contributed by atoms with Crippen molar-refractivity contribution in [2.24, 2.45) is 0 Å². The Kier molecular flexibility index (Phi) is 8.27. The number of anilines is 1. The van der Waals surface area contributed by atoms with E-state index in [1.165, 1.54) is 32.4 Å². The number of esters is 1. The van der Waals surface area contributed by atoms with Gasteiger partial charge in [0.25, 0.3) is 5.91 Å². The highest BCUT2D eigenvalue weighted by Crippen LogP contribution is 2.28. The summed E-state index contributed by atoms with van der Waals surface area (Å²) in [6.45, 7) is 0.256. The average Bonchev–Trinajstić information content (AvgIpc) is 2.87. The van der Waals surface area contributed by atoms with E-state index in [1.54, 1.807) is 42.5 Å². The Morgan fingerprint density at radius 1 is 1.03 bits per heavy atom. The zero-order valence-electron chi connectivity index (χ0n) is 18.5. The predicted octanol–water partition coefficient (Wildman–Crippen LogP) is 5.26. The number of rotatable bonds is 8. The summed E-state index contributed by atoms with van der Waals surface area (Å²) in [6.07, 6.45) is 1.44. The molecule has 0 spiro atoms. The quantitative estimate of drug-likeness (QED) is 0.270. The van der Waals surface area contributed by atoms with E-state index >= 15 is 0 Å². The highest BCUT2D eigenvalue weighted by molar-refractivity contribution is 6.30. The normalized spacial score (nSPS) is 10.7. The number of hydrogen-bond donors (Lipinski definition) is 1. The summed E-state index contributed by atoms with van der Waals surface area (Å²) >= 11 is 5.93. The summed E-state index contributed by atoms with van der Waals surface area (Å²) < 4.78 is 15.9. The molecule has 3 aromatic carbocycles. The monoisotopic (exact) mass is 476 g/mol. The van der Waals surface area contributed by atoms with E-state index in [0.29, 0.717) is 33.3 Å². The Morgan fingerprint density at radius 3 is 2.35 bits per heavy atom. The summed E-state index contributed by atoms with van der Waals surface area (Å²) in [7, 11) is 2.82. The fourth-order valence-corrected chi connectivity index (χ4v) is 3.06. The van der Waals surface area contributed by atoms with Gasteiger partial charge in [0.05, 0.1) is 19.8 Å². The number of carbonyl (C=O) groups is 2. The molecule has 0 aliphatic rings. The maximum atomic E-state index is 12.7. The van der Waals surface area contributed by atoms with Crippen molar-refractivity contribution in [2.45, 2.75) is 6.61 Å². The molecule has 0 radical (unpaired) electrons. The first-order valence-electron chi connectivity index (χ1n) is 10.1. The number of nitrogens with zero attached hydrogens (tertiary/aromatic N) is 1. The molecule has 0 heterocycles. The second-order valence-corrected chi connectivity index (χ2v) is 7.45. The largest absolute Gasteiger partial charge is 0.497 e. The van der Waals surface area contributed by atoms with E-state index in [9.17, 15) is 14.9 Å². The van der Waals surface area contributed by atoms with Crippen molar-refractivity contribution in [1.29, 1.82) is 5.26 Å². The van der Waals surface area contributed by atoms with Crippen molar-refractivity contribution in [2.75, 3.05) is 19.5 Å². The first kappa shape index (κ1) is 24.4. The fourth-order valence-electron chi connectivity index (χ4n) is 2.94. The number of halogens is 1. The van der Waals surface area contributed by atoms with Crippen LogP contribution in [-0.2, 0) is 16.1 Å². The number of nitriles is 1. The molecule has 0 atom stereocenters. The van der Waals surface area contributed by atoms with Gasteiger partial charge in [0.15, 0.2) is 0 Å². The minimum atomic E-state index is -0.604. The maximum absolute atomic E-state index is 12.7. The molecule has 1 N–H and O–H groups in total. The lowest BCUT2D eigenvalue weighted by Gasteiger charge is -2.12. The highest BCUT2D eigenvalue weighted by Gasteiger charge is 2.13. The average molecular weight is 477 g/mol. The molecule has 0 saturated carbocycles. The number of methoxy groups -OCH3 is 2. The number of carbonyl (C=O) groups excluding carboxylic acids is 2. The standard InChI is InChI=1S/C26H21ClN2O5/c1-32-23-12-7-19(24(14-23)34-16-17-3-8-21(27)9-4-17)13-20(15-28)25(30)29-22-10-5-18(6-11-22)26(31)33-2/h3-14H,16H2,1-2H3,(H,29,30)/b20-13+. The third kappa shape index (κ3) is 6.37. The lowest BCUT2D eigenvalue weighted by Crippen LogP contribution is -2.13. The Labute approximate surface area is 202 Å². The minimum Gasteiger partial charge on any atom is -0.497 e. The molecular formula is C26H21ClN2O5. The topological polar surface area (TPSA) is 97.7 Å². The van der Waals surface area contributed by atoms with Crippen LogP contribution in [-0.4, -0.2) is 26.1 Å². The first-order valence-corrected chi connectivity index (χ1v) is 10.5. The second kappa shape index (κ2) is 11.5. The SMILES string of the molecule is COC(=O)c1ccc(NC(=O)/C(C#N)=C/c2ccc(OC)cc2OCc2ccc(Cl)cc2)cc1. The van der Waals surface area contributed by atoms with Gasteiger partial charge in [0.2, 0.25) is 0 Å². The van der Waals surface area contributed by atoms with Gasteiger partial charge in [-0.2, -0.15) is 5.26 Å². The van der Waals surface area contributed by atoms with Gasteiger partial charge >= 0.3 is 5.97 Å². The van der Waals surface area contributed by atoms with Crippen molar-refractivity contribution in [3.05, 3.63) is 94.0 Å². The molecule has 0 saturated heterocycles. The van der Waals surface area contributed by atoms with Crippen LogP contribution in [0.3, 0.4) is 0 Å². The molecule has 0 aliphatic carbocycles. The molecule has 3 aromatic rings. The van der Waals surface area contributed by atoms with Crippen LogP contribution in [0.2, 0.25) is 5.02 Å². The molecule has 0 aliphatic heterocycles. The van der Waals surface area contributed by atoms with Crippen molar-refractivity contribution >= 4 is 35.2 Å². The summed E-state index contributed by atoms with van der Waals surface area (Å²) in [6, 6.07) is 20.4. The van der Waals surface area contributed by atoms with Crippen LogP contribution in [0.15, 0.2) is 72.3 Å². The molecule has 0 unspecified atom stereocenters. The van der Waals surface area contributed by atoms with Gasteiger partial charge in [-0.3, -0.25) is 4.79 Å². The first-order chi connectivity index (χ1) is 16.4. The van der Waals surface area contributed by atoms with Crippen LogP contribution in [0, 0.1) is 11.3 Å². The van der Waals surface area contributed by atoms with E-state index < -0.39 is 11.9 Å². The Morgan fingerprint density at radius 2 is 1.74 bits per heavy atom. The van der Waals surface area contributed by atoms with E-state index in [4.69, 9.17) is 21.1 Å². The van der Waals surface area contributed by atoms with Gasteiger partial charge in [-0.05, 0) is 60.2 Å². The van der Waals surface area contributed by atoms with Crippen molar-refractivity contribution in [3.63, 3.8) is 0 Å². The molecule has 0 fully saturated rings. The highest BCUT2D eigenvalue weighted by atomic mass is 35.5. The van der Waals surface area contributed by atoms with E-state index in [0.717, 1.165) is 5.56 Å². The maximum Gasteiger partial charge on any atom is 0.337 e. The van der Waals surface area contributed by atoms with Crippen molar-refractivity contribution < 1.29 is 23.8 Å². The van der Waals surface area contributed by atoms with Crippen LogP contribution in [0.4, 0.5) is 5.69 Å². The zero-order chi connectivity index (χ0) is 24.5. The lowest BCUT2D eigenvalue weighted by molar-refractivity contribution is -0.112. The van der Waals surface area contributed by atoms with Crippen LogP contribution < -0.4 is 14.8 Å². The molecule has 8 heteroatoms. The second-order valence-electron chi connectivity index (χ2n) is 7.01. The van der Waals surface area contributed by atoms with E-state index in [1.807, 2.05) is 18.2 Å². The molecule has 0 bridgehead atoms. The molecule has 1 amide bonds. The van der Waals surface area contributed by atoms with Crippen LogP contribution in [0.1, 0.15) is 21.5 Å². The molecule has 34 heavy (non-hydrogen) atoms. The van der Waals surface area contributed by atoms with Gasteiger partial charge in [-0.15, -0.1) is 0 Å². The molecule has 7 nitrogen and oxygen atoms in total. The number of amides is 1. The Hall–Kier alpha value is -4.28. The third-order valence-corrected chi connectivity index (χ3v) is 5.01. The van der Waals surface area contributed by atoms with Gasteiger partial charge in [-0.1, -0.05) is 23.7 Å². The summed E-state index contributed by atoms with van der Waals surface area (Å²) in [4.78, 5) is 24.2. The van der Waals surface area contributed by atoms with E-state index in [2.05, 4.69) is 10.1 Å². The van der Waals surface area contributed by atoms with Gasteiger partial charge in [0, 0.05) is 22.3 Å². The van der Waals surface area contributed by atoms with Crippen molar-refractivity contribution in [1.82, 2.24) is 0 Å². The van der Waals surface area contributed by atoms with E-state index in [-0.39, 0.29) is 12.2 Å². The predicted molar refractivity (Wildman–Crippen MR) is 129 cm³/mol. The summed E-state index contributed by atoms with van der Waals surface area (Å²) in [5, 5.41) is 12.9. The summed E-state index contributed by atoms with van der Waals surface area (Å²) in [5.74, 6) is -0.0805. The van der Waals surface area contributed by atoms with Gasteiger partial charge < -0.3 is 19.5 Å². The van der Waals surface area contributed by atoms with Gasteiger partial charge in [0.1, 0.15) is 29.7 Å². The number of nitrogens with one attached hydrogen (secondary N) is 1. The van der Waals surface area contributed by atoms with Gasteiger partial charge in [-0.25, -0.2) is 4.79 Å². The fraction of sp³-hybridized carbons (Fsp3) is 0.115. The van der Waals surface area contributed by atoms with Crippen LogP contribution in [0.25, 0.3) is 6.08 Å². The number of ether oxygens (including phenoxy) is 3. The summed E-state index contributed by atoms with van der Waals surface area (Å²) in [5.41, 5.74) is 2.07. The number of benzene rings is 3. The Balaban J connectivity index is 1.80. The van der Waals surface area contributed by atoms with Crippen LogP contribution >= 0.6 is 11.6 Å². The molecule has 172 valence electrons.